The van der Waals surface area contributed by atoms with Crippen molar-refractivity contribution >= 4 is 29.2 Å². The van der Waals surface area contributed by atoms with Gasteiger partial charge in [0.05, 0.1) is 5.69 Å². The topological polar surface area (TPSA) is 104 Å². The zero-order chi connectivity index (χ0) is 16.6. The van der Waals surface area contributed by atoms with E-state index in [9.17, 15) is 19.2 Å². The van der Waals surface area contributed by atoms with Crippen LogP contribution in [0.1, 0.15) is 36.5 Å². The van der Waals surface area contributed by atoms with Crippen molar-refractivity contribution in [3.8, 4) is 0 Å². The summed E-state index contributed by atoms with van der Waals surface area (Å²) in [7, 11) is 0. The van der Waals surface area contributed by atoms with Crippen LogP contribution in [0.4, 0.5) is 5.69 Å². The van der Waals surface area contributed by atoms with Gasteiger partial charge in [-0.2, -0.15) is 0 Å². The molecule has 7 nitrogen and oxygen atoms in total. The van der Waals surface area contributed by atoms with Crippen molar-refractivity contribution in [1.82, 2.24) is 10.9 Å². The maximum atomic E-state index is 12.3. The van der Waals surface area contributed by atoms with Crippen LogP contribution in [-0.2, 0) is 14.4 Å². The van der Waals surface area contributed by atoms with Crippen molar-refractivity contribution in [2.24, 2.45) is 11.3 Å². The fourth-order valence-electron chi connectivity index (χ4n) is 2.80. The molecule has 1 aromatic rings. The van der Waals surface area contributed by atoms with Gasteiger partial charge in [-0.15, -0.1) is 0 Å². The quantitative estimate of drug-likeness (QED) is 0.554. The summed E-state index contributed by atoms with van der Waals surface area (Å²) in [6.07, 6.45) is 2.48. The summed E-state index contributed by atoms with van der Waals surface area (Å²) < 4.78 is 0. The largest absolute Gasteiger partial charge is 0.324 e. The highest BCUT2D eigenvalue weighted by atomic mass is 16.2. The van der Waals surface area contributed by atoms with E-state index in [0.717, 1.165) is 19.3 Å². The first-order chi connectivity index (χ1) is 10.9. The Kier molecular flexibility index (Phi) is 3.63. The van der Waals surface area contributed by atoms with Gasteiger partial charge >= 0.3 is 0 Å². The third kappa shape index (κ3) is 2.58. The summed E-state index contributed by atoms with van der Waals surface area (Å²) in [5, 5.41) is 2.53. The molecule has 1 atom stereocenters. The number of para-hydroxylation sites is 1. The lowest BCUT2D eigenvalue weighted by molar-refractivity contribution is -0.140. The number of ketones is 1. The summed E-state index contributed by atoms with van der Waals surface area (Å²) in [5.74, 6) is -3.92. The first kappa shape index (κ1) is 15.2. The number of Topliss-reactive ketones (excluding diaryl/α,β-unsaturated/α-hetero) is 1. The third-order valence-corrected chi connectivity index (χ3v) is 4.54. The Bertz CT molecular complexity index is 709. The number of fused-ring (bicyclic) bond motifs is 1. The Morgan fingerprint density at radius 2 is 1.87 bits per heavy atom. The third-order valence-electron chi connectivity index (χ3n) is 4.54. The molecular formula is C16H17N3O4. The number of anilines is 1. The maximum Gasteiger partial charge on any atom is 0.258 e. The molecule has 3 rings (SSSR count). The van der Waals surface area contributed by atoms with Gasteiger partial charge < -0.3 is 5.32 Å². The maximum absolute atomic E-state index is 12.3. The smallest absolute Gasteiger partial charge is 0.258 e. The number of hydrogen-bond donors (Lipinski definition) is 3. The minimum Gasteiger partial charge on any atom is -0.324 e. The van der Waals surface area contributed by atoms with Gasteiger partial charge in [-0.3, -0.25) is 30.0 Å². The summed E-state index contributed by atoms with van der Waals surface area (Å²) in [4.78, 5) is 48.5. The predicted molar refractivity (Wildman–Crippen MR) is 81.1 cm³/mol. The second-order valence-corrected chi connectivity index (χ2v) is 6.19. The van der Waals surface area contributed by atoms with Gasteiger partial charge in [0.2, 0.25) is 11.8 Å². The number of hydrogen-bond acceptors (Lipinski definition) is 4. The molecule has 1 fully saturated rings. The van der Waals surface area contributed by atoms with Crippen molar-refractivity contribution in [2.45, 2.75) is 26.2 Å². The Morgan fingerprint density at radius 3 is 2.52 bits per heavy atom. The first-order valence-corrected chi connectivity index (χ1v) is 7.47. The normalized spacial score (nSPS) is 21.5. The van der Waals surface area contributed by atoms with Gasteiger partial charge in [0.25, 0.3) is 5.91 Å². The van der Waals surface area contributed by atoms with Crippen molar-refractivity contribution in [3.63, 3.8) is 0 Å². The average Bonchev–Trinajstić information content (AvgIpc) is 2.50. The van der Waals surface area contributed by atoms with E-state index in [1.54, 1.807) is 24.3 Å². The molecule has 7 heteroatoms. The van der Waals surface area contributed by atoms with Gasteiger partial charge in [-0.25, -0.2) is 0 Å². The molecule has 1 heterocycles. The van der Waals surface area contributed by atoms with Gasteiger partial charge in [-0.05, 0) is 25.0 Å². The molecule has 120 valence electrons. The van der Waals surface area contributed by atoms with Crippen LogP contribution < -0.4 is 16.2 Å². The number of nitrogens with one attached hydrogen (secondary N) is 3. The minimum absolute atomic E-state index is 0.282. The van der Waals surface area contributed by atoms with E-state index in [2.05, 4.69) is 16.2 Å². The molecule has 3 amide bonds. The van der Waals surface area contributed by atoms with Crippen LogP contribution >= 0.6 is 0 Å². The van der Waals surface area contributed by atoms with E-state index in [1.165, 1.54) is 0 Å². The number of benzene rings is 1. The zero-order valence-corrected chi connectivity index (χ0v) is 12.6. The molecule has 23 heavy (non-hydrogen) atoms. The van der Waals surface area contributed by atoms with Crippen LogP contribution in [0.5, 0.6) is 0 Å². The van der Waals surface area contributed by atoms with Gasteiger partial charge in [0.15, 0.2) is 11.7 Å². The monoisotopic (exact) mass is 315 g/mol. The summed E-state index contributed by atoms with van der Waals surface area (Å²) >= 11 is 0. The van der Waals surface area contributed by atoms with Gasteiger partial charge in [0, 0.05) is 11.0 Å². The molecule has 0 bridgehead atoms. The highest BCUT2D eigenvalue weighted by molar-refractivity contribution is 6.30. The number of rotatable bonds is 2. The van der Waals surface area contributed by atoms with Gasteiger partial charge in [0.1, 0.15) is 0 Å². The highest BCUT2D eigenvalue weighted by Gasteiger charge is 2.42. The van der Waals surface area contributed by atoms with E-state index < -0.39 is 28.9 Å². The highest BCUT2D eigenvalue weighted by Crippen LogP contribution is 2.40. The van der Waals surface area contributed by atoms with E-state index in [1.807, 2.05) is 6.92 Å². The van der Waals surface area contributed by atoms with Crippen LogP contribution in [-0.4, -0.2) is 23.5 Å². The number of carbonyl (C=O) groups is 4. The fraction of sp³-hybridized carbons (Fsp3) is 0.375. The number of hydrazine groups is 1. The standard InChI is InChI=1S/C16H17N3O4/c1-16(7-4-8-16)15(23)19-18-14(22)11-12(20)9-5-2-3-6-10(9)17-13(11)21/h2-3,5-6,11H,4,7-8H2,1H3,(H,17,21)(H,18,22)(H,19,23). The predicted octanol–water partition coefficient (Wildman–Crippen LogP) is 0.775. The second kappa shape index (κ2) is 5.49. The molecule has 0 saturated heterocycles. The molecule has 1 aliphatic carbocycles. The molecule has 1 saturated carbocycles. The second-order valence-electron chi connectivity index (χ2n) is 6.19. The van der Waals surface area contributed by atoms with Crippen LogP contribution in [0, 0.1) is 11.3 Å². The van der Waals surface area contributed by atoms with E-state index >= 15 is 0 Å². The molecule has 2 aliphatic rings. The van der Waals surface area contributed by atoms with Crippen molar-refractivity contribution in [1.29, 1.82) is 0 Å². The lowest BCUT2D eigenvalue weighted by Gasteiger charge is -2.36. The van der Waals surface area contributed by atoms with Crippen molar-refractivity contribution < 1.29 is 19.2 Å². The Hall–Kier alpha value is -2.70. The lowest BCUT2D eigenvalue weighted by atomic mass is 9.70. The lowest BCUT2D eigenvalue weighted by Crippen LogP contribution is -2.55. The summed E-state index contributed by atoms with van der Waals surface area (Å²) in [6, 6.07) is 6.48. The fourth-order valence-corrected chi connectivity index (χ4v) is 2.80. The molecular weight excluding hydrogens is 298 g/mol. The molecule has 1 aliphatic heterocycles. The molecule has 1 unspecified atom stereocenters. The van der Waals surface area contributed by atoms with Crippen molar-refractivity contribution in [2.75, 3.05) is 5.32 Å². The van der Waals surface area contributed by atoms with E-state index in [0.29, 0.717) is 5.69 Å². The van der Waals surface area contributed by atoms with Crippen LogP contribution in [0.15, 0.2) is 24.3 Å². The van der Waals surface area contributed by atoms with Crippen LogP contribution in [0.3, 0.4) is 0 Å². The van der Waals surface area contributed by atoms with E-state index in [-0.39, 0.29) is 11.5 Å². The van der Waals surface area contributed by atoms with E-state index in [4.69, 9.17) is 0 Å². The van der Waals surface area contributed by atoms with Crippen molar-refractivity contribution in [3.05, 3.63) is 29.8 Å². The Morgan fingerprint density at radius 1 is 1.17 bits per heavy atom. The first-order valence-electron chi connectivity index (χ1n) is 7.47. The number of carbonyl (C=O) groups excluding carboxylic acids is 4. The molecule has 3 N–H and O–H groups in total. The minimum atomic E-state index is -1.50. The molecule has 0 radical (unpaired) electrons. The summed E-state index contributed by atoms with van der Waals surface area (Å²) in [6.45, 7) is 1.81. The SMILES string of the molecule is CC1(C(=O)NNC(=O)C2C(=O)Nc3ccccc3C2=O)CCC1. The Labute approximate surface area is 132 Å². The van der Waals surface area contributed by atoms with Crippen LogP contribution in [0.2, 0.25) is 0 Å². The zero-order valence-electron chi connectivity index (χ0n) is 12.6. The Balaban J connectivity index is 1.69. The summed E-state index contributed by atoms with van der Waals surface area (Å²) in [5.41, 5.74) is 4.70. The number of amides is 3. The molecule has 0 spiro atoms. The van der Waals surface area contributed by atoms with Gasteiger partial charge in [-0.1, -0.05) is 25.5 Å². The average molecular weight is 315 g/mol. The molecule has 1 aromatic carbocycles. The molecule has 0 aromatic heterocycles. The van der Waals surface area contributed by atoms with Crippen LogP contribution in [0.25, 0.3) is 0 Å².